The molecule has 8 atom stereocenters. The van der Waals surface area contributed by atoms with Crippen molar-refractivity contribution in [1.82, 2.24) is 0 Å². The van der Waals surface area contributed by atoms with E-state index in [2.05, 4.69) is 54.5 Å². The maximum atomic E-state index is 13.3. The van der Waals surface area contributed by atoms with Crippen molar-refractivity contribution in [3.63, 3.8) is 0 Å². The summed E-state index contributed by atoms with van der Waals surface area (Å²) in [6.07, 6.45) is 13.4. The minimum absolute atomic E-state index is 0.0147. The van der Waals surface area contributed by atoms with E-state index in [0.29, 0.717) is 17.8 Å². The number of rotatable bonds is 1. The van der Waals surface area contributed by atoms with E-state index in [-0.39, 0.29) is 44.6 Å². The monoisotopic (exact) mass is 470 g/mol. The van der Waals surface area contributed by atoms with E-state index >= 15 is 0 Å². The Balaban J connectivity index is 1.60. The average Bonchev–Trinajstić information content (AvgIpc) is 2.76. The summed E-state index contributed by atoms with van der Waals surface area (Å²) in [7, 11) is 1.59. The van der Waals surface area contributed by atoms with Gasteiger partial charge in [0.25, 0.3) is 0 Å². The van der Waals surface area contributed by atoms with E-state index in [1.54, 1.807) is 12.7 Å². The van der Waals surface area contributed by atoms with Crippen molar-refractivity contribution in [2.45, 2.75) is 119 Å². The first-order chi connectivity index (χ1) is 15.7. The van der Waals surface area contributed by atoms with E-state index in [9.17, 15) is 9.90 Å². The van der Waals surface area contributed by atoms with Crippen LogP contribution in [0.15, 0.2) is 11.6 Å². The molecule has 0 aromatic rings. The van der Waals surface area contributed by atoms with Crippen LogP contribution in [0.4, 0.5) is 0 Å². The van der Waals surface area contributed by atoms with Gasteiger partial charge >= 0.3 is 5.97 Å². The Morgan fingerprint density at radius 3 is 2.26 bits per heavy atom. The van der Waals surface area contributed by atoms with Crippen molar-refractivity contribution >= 4 is 5.97 Å². The second-order valence-electron chi connectivity index (χ2n) is 15.2. The molecule has 192 valence electrons. The number of esters is 1. The summed E-state index contributed by atoms with van der Waals surface area (Å²) in [6.45, 7) is 17.2. The molecule has 4 saturated carbocycles. The average molecular weight is 471 g/mol. The number of aliphatic hydroxyl groups excluding tert-OH is 1. The third kappa shape index (κ3) is 2.94. The normalized spacial score (nSPS) is 51.1. The molecule has 1 N–H and O–H groups in total. The predicted molar refractivity (Wildman–Crippen MR) is 137 cm³/mol. The molecule has 3 heteroatoms. The fraction of sp³-hybridized carbons (Fsp3) is 0.903. The van der Waals surface area contributed by atoms with Crippen LogP contribution < -0.4 is 0 Å². The highest BCUT2D eigenvalue weighted by Crippen LogP contribution is 2.75. The summed E-state index contributed by atoms with van der Waals surface area (Å²) >= 11 is 0. The van der Waals surface area contributed by atoms with Gasteiger partial charge < -0.3 is 9.84 Å². The highest BCUT2D eigenvalue weighted by Gasteiger charge is 2.69. The molecule has 5 rings (SSSR count). The summed E-state index contributed by atoms with van der Waals surface area (Å²) in [5, 5.41) is 10.9. The first kappa shape index (κ1) is 24.8. The highest BCUT2D eigenvalue weighted by atomic mass is 16.5. The van der Waals surface area contributed by atoms with Crippen LogP contribution in [0.3, 0.4) is 0 Å². The molecule has 0 unspecified atom stereocenters. The second kappa shape index (κ2) is 7.36. The van der Waals surface area contributed by atoms with E-state index in [4.69, 9.17) is 4.74 Å². The Kier molecular flexibility index (Phi) is 5.38. The first-order valence-corrected chi connectivity index (χ1v) is 14.2. The predicted octanol–water partition coefficient (Wildman–Crippen LogP) is 7.32. The van der Waals surface area contributed by atoms with Crippen molar-refractivity contribution in [2.75, 3.05) is 7.11 Å². The summed E-state index contributed by atoms with van der Waals surface area (Å²) in [4.78, 5) is 13.3. The van der Waals surface area contributed by atoms with Crippen LogP contribution in [0.2, 0.25) is 0 Å². The van der Waals surface area contributed by atoms with Crippen LogP contribution in [-0.2, 0) is 9.53 Å². The van der Waals surface area contributed by atoms with Gasteiger partial charge in [0.05, 0.1) is 18.6 Å². The van der Waals surface area contributed by atoms with Crippen molar-refractivity contribution < 1.29 is 14.6 Å². The largest absolute Gasteiger partial charge is 0.469 e. The Morgan fingerprint density at radius 1 is 0.912 bits per heavy atom. The van der Waals surface area contributed by atoms with E-state index in [1.807, 2.05) is 0 Å². The summed E-state index contributed by atoms with van der Waals surface area (Å²) < 4.78 is 5.49. The van der Waals surface area contributed by atoms with Gasteiger partial charge in [-0.1, -0.05) is 60.1 Å². The molecular formula is C31H50O3. The van der Waals surface area contributed by atoms with Gasteiger partial charge in [0, 0.05) is 0 Å². The molecule has 0 spiro atoms. The zero-order chi connectivity index (χ0) is 24.9. The van der Waals surface area contributed by atoms with Gasteiger partial charge in [-0.05, 0) is 109 Å². The molecule has 34 heavy (non-hydrogen) atoms. The molecule has 4 fully saturated rings. The molecule has 0 bridgehead atoms. The fourth-order valence-electron chi connectivity index (χ4n) is 10.8. The van der Waals surface area contributed by atoms with Gasteiger partial charge in [-0.15, -0.1) is 0 Å². The van der Waals surface area contributed by atoms with Gasteiger partial charge in [-0.3, -0.25) is 4.79 Å². The molecule has 0 radical (unpaired) electrons. The lowest BCUT2D eigenvalue weighted by atomic mass is 9.33. The quantitative estimate of drug-likeness (QED) is 0.322. The number of carbonyl (C=O) groups excluding carboxylic acids is 1. The minimum Gasteiger partial charge on any atom is -0.469 e. The van der Waals surface area contributed by atoms with Gasteiger partial charge in [-0.2, -0.15) is 0 Å². The standard InChI is InChI=1S/C31H50O3/c1-26(2)15-17-31(25(33)34-8)18-16-29(6)20(21(31)19-26)9-10-23-28(5)13-12-24(32)27(3,4)22(28)11-14-30(23,29)7/h9,21-24,32H,10-19H2,1-8H3/t21-,22+,23+,24-,28+,29-,30-,31-/m0/s1. The van der Waals surface area contributed by atoms with Crippen LogP contribution in [0.5, 0.6) is 0 Å². The van der Waals surface area contributed by atoms with Crippen LogP contribution in [-0.4, -0.2) is 24.3 Å². The Labute approximate surface area is 208 Å². The van der Waals surface area contributed by atoms with E-state index < -0.39 is 0 Å². The topological polar surface area (TPSA) is 46.5 Å². The minimum atomic E-state index is -0.323. The molecule has 0 saturated heterocycles. The van der Waals surface area contributed by atoms with Crippen LogP contribution in [0.1, 0.15) is 113 Å². The number of hydrogen-bond donors (Lipinski definition) is 1. The van der Waals surface area contributed by atoms with Crippen molar-refractivity contribution in [2.24, 2.45) is 50.2 Å². The lowest BCUT2D eigenvalue weighted by Gasteiger charge is -2.71. The lowest BCUT2D eigenvalue weighted by Crippen LogP contribution is -2.65. The molecule has 0 heterocycles. The van der Waals surface area contributed by atoms with Gasteiger partial charge in [0.2, 0.25) is 0 Å². The number of fused-ring (bicyclic) bond motifs is 7. The molecule has 0 aromatic heterocycles. The van der Waals surface area contributed by atoms with Crippen LogP contribution in [0, 0.1) is 50.2 Å². The van der Waals surface area contributed by atoms with Crippen LogP contribution in [0.25, 0.3) is 0 Å². The van der Waals surface area contributed by atoms with Crippen molar-refractivity contribution in [1.29, 1.82) is 0 Å². The second-order valence-corrected chi connectivity index (χ2v) is 15.2. The number of ether oxygens (including phenoxy) is 1. The summed E-state index contributed by atoms with van der Waals surface area (Å²) in [5.41, 5.74) is 2.18. The maximum Gasteiger partial charge on any atom is 0.312 e. The van der Waals surface area contributed by atoms with E-state index in [0.717, 1.165) is 51.4 Å². The Hall–Kier alpha value is -0.830. The smallest absolute Gasteiger partial charge is 0.312 e. The summed E-state index contributed by atoms with van der Waals surface area (Å²) in [6, 6.07) is 0. The maximum absolute atomic E-state index is 13.3. The molecule has 0 amide bonds. The number of aliphatic hydroxyl groups is 1. The zero-order valence-corrected chi connectivity index (χ0v) is 23.2. The van der Waals surface area contributed by atoms with E-state index in [1.165, 1.54) is 12.8 Å². The molecule has 5 aliphatic carbocycles. The zero-order valence-electron chi connectivity index (χ0n) is 23.2. The first-order valence-electron chi connectivity index (χ1n) is 14.2. The molecule has 0 aromatic carbocycles. The van der Waals surface area contributed by atoms with Crippen LogP contribution >= 0.6 is 0 Å². The van der Waals surface area contributed by atoms with Crippen molar-refractivity contribution in [3.8, 4) is 0 Å². The summed E-state index contributed by atoms with van der Waals surface area (Å²) in [5.74, 6) is 1.57. The van der Waals surface area contributed by atoms with Gasteiger partial charge in [-0.25, -0.2) is 0 Å². The SMILES string of the molecule is COC(=O)[C@]12CCC(C)(C)C[C@H]1C1=CC[C@@H]3[C@]4(C)CC[C@H](O)C(C)(C)[C@H]4CC[C@]3(C)[C@@]1(C)CC2. The third-order valence-corrected chi connectivity index (χ3v) is 13.2. The number of hydrogen-bond acceptors (Lipinski definition) is 3. The fourth-order valence-corrected chi connectivity index (χ4v) is 10.8. The van der Waals surface area contributed by atoms with Gasteiger partial charge in [0.15, 0.2) is 0 Å². The number of carbonyl (C=O) groups is 1. The van der Waals surface area contributed by atoms with Gasteiger partial charge in [0.1, 0.15) is 0 Å². The number of methoxy groups -OCH3 is 1. The lowest BCUT2D eigenvalue weighted by molar-refractivity contribution is -0.206. The molecular weight excluding hydrogens is 420 g/mol. The molecule has 3 nitrogen and oxygen atoms in total. The van der Waals surface area contributed by atoms with Crippen molar-refractivity contribution in [3.05, 3.63) is 11.6 Å². The molecule has 0 aliphatic heterocycles. The third-order valence-electron chi connectivity index (χ3n) is 13.2. The number of allylic oxidation sites excluding steroid dienone is 2. The molecule has 5 aliphatic rings. The Morgan fingerprint density at radius 2 is 1.59 bits per heavy atom. The Bertz CT molecular complexity index is 900. The highest BCUT2D eigenvalue weighted by molar-refractivity contribution is 5.78.